The molecule has 0 aliphatic rings. The number of benzene rings is 5. The van der Waals surface area contributed by atoms with Crippen LogP contribution in [0.2, 0.25) is 0 Å². The van der Waals surface area contributed by atoms with Gasteiger partial charge >= 0.3 is 0 Å². The molecule has 0 aliphatic heterocycles. The van der Waals surface area contributed by atoms with Gasteiger partial charge in [0.2, 0.25) is 0 Å². The van der Waals surface area contributed by atoms with E-state index in [1.165, 1.54) is 65.9 Å². The van der Waals surface area contributed by atoms with E-state index in [9.17, 15) is 0 Å². The molecule has 0 radical (unpaired) electrons. The molecular formula is C36H32N2. The van der Waals surface area contributed by atoms with Crippen LogP contribution in [-0.4, -0.2) is 9.13 Å². The molecule has 2 aromatic heterocycles. The molecule has 0 fully saturated rings. The zero-order valence-corrected chi connectivity index (χ0v) is 22.1. The van der Waals surface area contributed by atoms with Gasteiger partial charge < -0.3 is 9.13 Å². The van der Waals surface area contributed by atoms with Crippen LogP contribution in [0.15, 0.2) is 109 Å². The molecule has 2 heterocycles. The summed E-state index contributed by atoms with van der Waals surface area (Å²) in [6.07, 6.45) is 2.16. The van der Waals surface area contributed by atoms with Gasteiger partial charge in [0, 0.05) is 56.8 Å². The highest BCUT2D eigenvalue weighted by Crippen LogP contribution is 2.50. The van der Waals surface area contributed by atoms with E-state index in [1.54, 1.807) is 0 Å². The second kappa shape index (κ2) is 9.22. The van der Waals surface area contributed by atoms with Crippen LogP contribution in [0.1, 0.15) is 26.7 Å². The Morgan fingerprint density at radius 3 is 1.21 bits per heavy atom. The Labute approximate surface area is 223 Å². The minimum absolute atomic E-state index is 0.983. The summed E-state index contributed by atoms with van der Waals surface area (Å²) in [5.41, 5.74) is 10.6. The molecule has 0 bridgehead atoms. The van der Waals surface area contributed by atoms with Gasteiger partial charge in [-0.1, -0.05) is 111 Å². The fourth-order valence-electron chi connectivity index (χ4n) is 6.55. The molecule has 7 aromatic rings. The molecule has 0 N–H and O–H groups in total. The normalized spacial score (nSPS) is 11.8. The average Bonchev–Trinajstić information content (AvgIpc) is 3.47. The predicted molar refractivity (Wildman–Crippen MR) is 164 cm³/mol. The van der Waals surface area contributed by atoms with E-state index in [1.807, 2.05) is 0 Å². The number of hydrogen-bond donors (Lipinski definition) is 0. The summed E-state index contributed by atoms with van der Waals surface area (Å²) < 4.78 is 5.18. The van der Waals surface area contributed by atoms with Crippen molar-refractivity contribution >= 4 is 43.6 Å². The number of hydrogen-bond acceptors (Lipinski definition) is 0. The molecular weight excluding hydrogens is 460 g/mol. The third-order valence-electron chi connectivity index (χ3n) is 7.93. The van der Waals surface area contributed by atoms with Crippen molar-refractivity contribution in [3.8, 4) is 22.3 Å². The summed E-state index contributed by atoms with van der Waals surface area (Å²) in [6, 6.07) is 40.1. The predicted octanol–water partition coefficient (Wildman–Crippen LogP) is 10.1. The maximum absolute atomic E-state index is 2.59. The first-order valence-electron chi connectivity index (χ1n) is 13.9. The smallest absolute Gasteiger partial charge is 0.0585 e. The zero-order chi connectivity index (χ0) is 25.6. The fourth-order valence-corrected chi connectivity index (χ4v) is 6.55. The first-order valence-corrected chi connectivity index (χ1v) is 13.9. The molecule has 0 unspecified atom stereocenters. The Balaban J connectivity index is 1.88. The number of nitrogens with zero attached hydrogens (tertiary/aromatic N) is 2. The molecule has 0 aliphatic carbocycles. The minimum atomic E-state index is 0.983. The Hall–Kier alpha value is -4.30. The van der Waals surface area contributed by atoms with Crippen molar-refractivity contribution < 1.29 is 0 Å². The van der Waals surface area contributed by atoms with Gasteiger partial charge in [0.1, 0.15) is 0 Å². The van der Waals surface area contributed by atoms with Crippen LogP contribution in [0, 0.1) is 0 Å². The second-order valence-corrected chi connectivity index (χ2v) is 10.3. The molecule has 2 nitrogen and oxygen atoms in total. The molecule has 38 heavy (non-hydrogen) atoms. The fraction of sp³-hybridized carbons (Fsp3) is 0.167. The van der Waals surface area contributed by atoms with Crippen molar-refractivity contribution in [2.45, 2.75) is 39.8 Å². The summed E-state index contributed by atoms with van der Waals surface area (Å²) in [4.78, 5) is 0. The number of para-hydroxylation sites is 2. The molecule has 0 atom stereocenters. The third kappa shape index (κ3) is 3.26. The van der Waals surface area contributed by atoms with Crippen molar-refractivity contribution in [3.63, 3.8) is 0 Å². The van der Waals surface area contributed by atoms with Crippen LogP contribution in [0.5, 0.6) is 0 Å². The zero-order valence-electron chi connectivity index (χ0n) is 22.1. The van der Waals surface area contributed by atoms with E-state index in [-0.39, 0.29) is 0 Å². The van der Waals surface area contributed by atoms with Gasteiger partial charge in [-0.3, -0.25) is 0 Å². The van der Waals surface area contributed by atoms with Crippen molar-refractivity contribution in [2.75, 3.05) is 0 Å². The lowest BCUT2D eigenvalue weighted by molar-refractivity contribution is 0.723. The van der Waals surface area contributed by atoms with Gasteiger partial charge in [-0.15, -0.1) is 0 Å². The molecule has 0 spiro atoms. The average molecular weight is 493 g/mol. The van der Waals surface area contributed by atoms with Crippen molar-refractivity contribution in [1.82, 2.24) is 9.13 Å². The lowest BCUT2D eigenvalue weighted by Gasteiger charge is -2.18. The Morgan fingerprint density at radius 2 is 0.816 bits per heavy atom. The summed E-state index contributed by atoms with van der Waals surface area (Å²) >= 11 is 0. The molecule has 0 amide bonds. The summed E-state index contributed by atoms with van der Waals surface area (Å²) in [6.45, 7) is 6.54. The van der Waals surface area contributed by atoms with Gasteiger partial charge in [0.15, 0.2) is 0 Å². The molecule has 0 saturated carbocycles. The Morgan fingerprint density at radius 1 is 0.447 bits per heavy atom. The monoisotopic (exact) mass is 492 g/mol. The Bertz CT molecular complexity index is 1780. The van der Waals surface area contributed by atoms with Gasteiger partial charge in [0.05, 0.1) is 11.0 Å². The highest BCUT2D eigenvalue weighted by Gasteiger charge is 2.27. The number of aromatic nitrogens is 2. The SMILES string of the molecule is CCCn1c2ccccc2c2c(-c3ccccc3)c3c(c(-c4ccccc4)c21)c1ccccc1n3CCC. The molecule has 0 saturated heterocycles. The first-order chi connectivity index (χ1) is 18.8. The lowest BCUT2D eigenvalue weighted by atomic mass is 9.90. The van der Waals surface area contributed by atoms with Crippen LogP contribution < -0.4 is 0 Å². The van der Waals surface area contributed by atoms with E-state index in [0.717, 1.165) is 25.9 Å². The second-order valence-electron chi connectivity index (χ2n) is 10.3. The highest BCUT2D eigenvalue weighted by atomic mass is 15.0. The number of aryl methyl sites for hydroxylation is 2. The quantitative estimate of drug-likeness (QED) is 0.218. The topological polar surface area (TPSA) is 9.86 Å². The van der Waals surface area contributed by atoms with Crippen molar-refractivity contribution in [2.24, 2.45) is 0 Å². The first kappa shape index (κ1) is 22.9. The maximum atomic E-state index is 2.59. The van der Waals surface area contributed by atoms with Gasteiger partial charge in [-0.2, -0.15) is 0 Å². The van der Waals surface area contributed by atoms with Crippen LogP contribution in [0.3, 0.4) is 0 Å². The summed E-state index contributed by atoms with van der Waals surface area (Å²) in [5, 5.41) is 5.41. The third-order valence-corrected chi connectivity index (χ3v) is 7.93. The molecule has 186 valence electrons. The summed E-state index contributed by atoms with van der Waals surface area (Å²) in [5.74, 6) is 0. The van der Waals surface area contributed by atoms with Crippen LogP contribution in [0.4, 0.5) is 0 Å². The van der Waals surface area contributed by atoms with Gasteiger partial charge in [-0.05, 0) is 36.1 Å². The van der Waals surface area contributed by atoms with E-state index in [4.69, 9.17) is 0 Å². The molecule has 7 rings (SSSR count). The number of fused-ring (bicyclic) bond motifs is 6. The van der Waals surface area contributed by atoms with Gasteiger partial charge in [-0.25, -0.2) is 0 Å². The van der Waals surface area contributed by atoms with E-state index in [0.29, 0.717) is 0 Å². The molecule has 5 aromatic carbocycles. The maximum Gasteiger partial charge on any atom is 0.0585 e. The van der Waals surface area contributed by atoms with E-state index >= 15 is 0 Å². The number of rotatable bonds is 6. The largest absolute Gasteiger partial charge is 0.340 e. The Kier molecular flexibility index (Phi) is 5.55. The standard InChI is InChI=1S/C36H32N2/c1-3-23-37-29-21-13-11-19-27(29)33-32(26-17-9-6-10-18-26)36-34(31(35(33)37)25-15-7-5-8-16-25)28-20-12-14-22-30(28)38(36)24-4-2/h5-22H,3-4,23-24H2,1-2H3. The van der Waals surface area contributed by atoms with Crippen LogP contribution in [-0.2, 0) is 13.1 Å². The van der Waals surface area contributed by atoms with Crippen molar-refractivity contribution in [1.29, 1.82) is 0 Å². The highest BCUT2D eigenvalue weighted by molar-refractivity contribution is 6.32. The van der Waals surface area contributed by atoms with Crippen LogP contribution in [0.25, 0.3) is 65.9 Å². The van der Waals surface area contributed by atoms with E-state index < -0.39 is 0 Å². The molecule has 2 heteroatoms. The van der Waals surface area contributed by atoms with Gasteiger partial charge in [0.25, 0.3) is 0 Å². The van der Waals surface area contributed by atoms with Crippen molar-refractivity contribution in [3.05, 3.63) is 109 Å². The minimum Gasteiger partial charge on any atom is -0.340 e. The van der Waals surface area contributed by atoms with E-state index in [2.05, 4.69) is 132 Å². The lowest BCUT2D eigenvalue weighted by Crippen LogP contribution is -2.01. The van der Waals surface area contributed by atoms with Crippen LogP contribution >= 0.6 is 0 Å². The summed E-state index contributed by atoms with van der Waals surface area (Å²) in [7, 11) is 0.